The highest BCUT2D eigenvalue weighted by Gasteiger charge is 2.18. The van der Waals surface area contributed by atoms with Gasteiger partial charge in [0.2, 0.25) is 0 Å². The van der Waals surface area contributed by atoms with Crippen LogP contribution in [0.5, 0.6) is 0 Å². The fourth-order valence-electron chi connectivity index (χ4n) is 0.681. The maximum atomic E-state index is 11.0. The number of methoxy groups -OCH3 is 1. The zero-order chi connectivity index (χ0) is 11.2. The Bertz CT molecular complexity index is 182. The third kappa shape index (κ3) is 5.16. The van der Waals surface area contributed by atoms with Crippen molar-refractivity contribution >= 4 is 5.97 Å². The summed E-state index contributed by atoms with van der Waals surface area (Å²) in [5.74, 6) is -0.584. The molecule has 0 aliphatic rings. The highest BCUT2D eigenvalue weighted by Crippen LogP contribution is 2.12. The van der Waals surface area contributed by atoms with Crippen LogP contribution in [0.3, 0.4) is 0 Å². The quantitative estimate of drug-likeness (QED) is 0.580. The Balaban J connectivity index is 3.69. The van der Waals surface area contributed by atoms with Crippen molar-refractivity contribution in [3.05, 3.63) is 0 Å². The molecule has 0 unspecified atom stereocenters. The third-order valence-corrected chi connectivity index (χ3v) is 2.00. The number of aliphatic hydroxyl groups is 1. The van der Waals surface area contributed by atoms with Gasteiger partial charge >= 0.3 is 5.97 Å². The van der Waals surface area contributed by atoms with E-state index in [0.717, 1.165) is 0 Å². The van der Waals surface area contributed by atoms with Gasteiger partial charge in [0.05, 0.1) is 18.8 Å². The van der Waals surface area contributed by atoms with Gasteiger partial charge in [-0.1, -0.05) is 0 Å². The van der Waals surface area contributed by atoms with Gasteiger partial charge < -0.3 is 20.3 Å². The second kappa shape index (κ2) is 5.95. The summed E-state index contributed by atoms with van der Waals surface area (Å²) in [6.07, 6.45) is 0.591. The summed E-state index contributed by atoms with van der Waals surface area (Å²) in [4.78, 5) is 11.0. The first-order valence-corrected chi connectivity index (χ1v) is 4.51. The summed E-state index contributed by atoms with van der Waals surface area (Å²) < 4.78 is 9.96. The number of rotatable bonds is 6. The van der Waals surface area contributed by atoms with Crippen molar-refractivity contribution in [3.63, 3.8) is 0 Å². The maximum absolute atomic E-state index is 11.0. The molecule has 5 nitrogen and oxygen atoms in total. The SMILES string of the molecule is COC(C)(C)CCOC(=O)[C@@H](N)CO. The second-order valence-electron chi connectivity index (χ2n) is 3.67. The van der Waals surface area contributed by atoms with Gasteiger partial charge in [0.25, 0.3) is 0 Å². The van der Waals surface area contributed by atoms with Crippen LogP contribution in [0.15, 0.2) is 0 Å². The summed E-state index contributed by atoms with van der Waals surface area (Å²) in [5.41, 5.74) is 4.93. The lowest BCUT2D eigenvalue weighted by atomic mass is 10.1. The van der Waals surface area contributed by atoms with Crippen molar-refractivity contribution < 1.29 is 19.4 Å². The van der Waals surface area contributed by atoms with Gasteiger partial charge in [-0.15, -0.1) is 0 Å². The van der Waals surface area contributed by atoms with Gasteiger partial charge in [-0.05, 0) is 13.8 Å². The predicted molar refractivity (Wildman–Crippen MR) is 51.7 cm³/mol. The van der Waals surface area contributed by atoms with Crippen molar-refractivity contribution in [2.45, 2.75) is 31.9 Å². The first-order valence-electron chi connectivity index (χ1n) is 4.51. The van der Waals surface area contributed by atoms with Crippen LogP contribution in [0.1, 0.15) is 20.3 Å². The Morgan fingerprint density at radius 2 is 2.14 bits per heavy atom. The zero-order valence-electron chi connectivity index (χ0n) is 8.95. The smallest absolute Gasteiger partial charge is 0.325 e. The molecule has 1 atom stereocenters. The lowest BCUT2D eigenvalue weighted by molar-refractivity contribution is -0.147. The van der Waals surface area contributed by atoms with E-state index in [1.807, 2.05) is 13.8 Å². The largest absolute Gasteiger partial charge is 0.464 e. The van der Waals surface area contributed by atoms with Gasteiger partial charge in [-0.2, -0.15) is 0 Å². The topological polar surface area (TPSA) is 81.8 Å². The molecule has 0 amide bonds. The van der Waals surface area contributed by atoms with Crippen molar-refractivity contribution in [3.8, 4) is 0 Å². The maximum Gasteiger partial charge on any atom is 0.325 e. The fraction of sp³-hybridized carbons (Fsp3) is 0.889. The summed E-state index contributed by atoms with van der Waals surface area (Å²) in [5, 5.41) is 8.56. The Kier molecular flexibility index (Phi) is 5.68. The van der Waals surface area contributed by atoms with Gasteiger partial charge in [-0.3, -0.25) is 4.79 Å². The number of esters is 1. The Hall–Kier alpha value is -0.650. The van der Waals surface area contributed by atoms with Crippen LogP contribution in [0, 0.1) is 0 Å². The number of carbonyl (C=O) groups excluding carboxylic acids is 1. The van der Waals surface area contributed by atoms with E-state index in [2.05, 4.69) is 0 Å². The minimum atomic E-state index is -0.944. The minimum Gasteiger partial charge on any atom is -0.464 e. The molecular weight excluding hydrogens is 186 g/mol. The van der Waals surface area contributed by atoms with Gasteiger partial charge in [-0.25, -0.2) is 0 Å². The lowest BCUT2D eigenvalue weighted by Gasteiger charge is -2.22. The molecule has 0 aromatic heterocycles. The molecule has 0 aromatic carbocycles. The van der Waals surface area contributed by atoms with Crippen LogP contribution < -0.4 is 5.73 Å². The van der Waals surface area contributed by atoms with Crippen LogP contribution in [0.25, 0.3) is 0 Å². The molecule has 0 aliphatic heterocycles. The van der Waals surface area contributed by atoms with Crippen molar-refractivity contribution in [1.29, 1.82) is 0 Å². The van der Waals surface area contributed by atoms with Crippen LogP contribution in [-0.2, 0) is 14.3 Å². The van der Waals surface area contributed by atoms with Crippen molar-refractivity contribution in [1.82, 2.24) is 0 Å². The van der Waals surface area contributed by atoms with E-state index in [4.69, 9.17) is 20.3 Å². The van der Waals surface area contributed by atoms with Gasteiger partial charge in [0.15, 0.2) is 0 Å². The van der Waals surface area contributed by atoms with Crippen LogP contribution in [0.2, 0.25) is 0 Å². The molecule has 5 heteroatoms. The molecule has 0 rings (SSSR count). The Morgan fingerprint density at radius 3 is 2.57 bits per heavy atom. The summed E-state index contributed by atoms with van der Waals surface area (Å²) in [6, 6.07) is -0.944. The highest BCUT2D eigenvalue weighted by atomic mass is 16.5. The number of aliphatic hydroxyl groups excluding tert-OH is 1. The van der Waals surface area contributed by atoms with Crippen LogP contribution in [-0.4, -0.2) is 43.0 Å². The van der Waals surface area contributed by atoms with Gasteiger partial charge in [0, 0.05) is 13.5 Å². The predicted octanol–water partition coefficient (Wildman–Crippen LogP) is -0.336. The first-order chi connectivity index (χ1) is 6.43. The second-order valence-corrected chi connectivity index (χ2v) is 3.67. The third-order valence-electron chi connectivity index (χ3n) is 2.00. The summed E-state index contributed by atoms with van der Waals surface area (Å²) in [6.45, 7) is 3.64. The average Bonchev–Trinajstić information content (AvgIpc) is 2.16. The summed E-state index contributed by atoms with van der Waals surface area (Å²) in [7, 11) is 1.60. The number of hydrogen-bond acceptors (Lipinski definition) is 5. The number of ether oxygens (including phenoxy) is 2. The number of nitrogens with two attached hydrogens (primary N) is 1. The van der Waals surface area contributed by atoms with Crippen LogP contribution >= 0.6 is 0 Å². The van der Waals surface area contributed by atoms with Crippen molar-refractivity contribution in [2.75, 3.05) is 20.3 Å². The molecule has 3 N–H and O–H groups in total. The summed E-state index contributed by atoms with van der Waals surface area (Å²) >= 11 is 0. The monoisotopic (exact) mass is 205 g/mol. The van der Waals surface area contributed by atoms with E-state index in [0.29, 0.717) is 6.42 Å². The molecule has 0 bridgehead atoms. The number of carbonyl (C=O) groups is 1. The zero-order valence-corrected chi connectivity index (χ0v) is 8.95. The van der Waals surface area contributed by atoms with E-state index < -0.39 is 18.6 Å². The van der Waals surface area contributed by atoms with E-state index >= 15 is 0 Å². The van der Waals surface area contributed by atoms with Gasteiger partial charge in [0.1, 0.15) is 6.04 Å². The molecule has 0 aliphatic carbocycles. The molecule has 0 radical (unpaired) electrons. The van der Waals surface area contributed by atoms with E-state index in [-0.39, 0.29) is 12.2 Å². The molecule has 14 heavy (non-hydrogen) atoms. The normalized spacial score (nSPS) is 13.8. The van der Waals surface area contributed by atoms with E-state index in [1.165, 1.54) is 0 Å². The van der Waals surface area contributed by atoms with Crippen LogP contribution in [0.4, 0.5) is 0 Å². The molecule has 0 heterocycles. The molecule has 0 aromatic rings. The van der Waals surface area contributed by atoms with Crippen molar-refractivity contribution in [2.24, 2.45) is 5.73 Å². The minimum absolute atomic E-state index is 0.243. The standard InChI is InChI=1S/C9H19NO4/c1-9(2,13-3)4-5-14-8(12)7(10)6-11/h7,11H,4-6,10H2,1-3H3/t7-/m0/s1. The van der Waals surface area contributed by atoms with E-state index in [1.54, 1.807) is 7.11 Å². The molecule has 0 fully saturated rings. The first kappa shape index (κ1) is 13.4. The fourth-order valence-corrected chi connectivity index (χ4v) is 0.681. The van der Waals surface area contributed by atoms with E-state index in [9.17, 15) is 4.79 Å². The molecule has 0 spiro atoms. The molecule has 84 valence electrons. The lowest BCUT2D eigenvalue weighted by Crippen LogP contribution is -2.36. The molecule has 0 saturated heterocycles. The molecule has 0 saturated carbocycles. The average molecular weight is 205 g/mol. The Morgan fingerprint density at radius 1 is 1.57 bits per heavy atom. The number of hydrogen-bond donors (Lipinski definition) is 2. The highest BCUT2D eigenvalue weighted by molar-refractivity contribution is 5.75. The Labute approximate surface area is 84.2 Å². The molecular formula is C9H19NO4.